The molecule has 2 heterocycles. The quantitative estimate of drug-likeness (QED) is 0.662. The van der Waals surface area contributed by atoms with E-state index < -0.39 is 0 Å². The molecular weight excluding hydrogens is 170 g/mol. The van der Waals surface area contributed by atoms with Gasteiger partial charge in [0.2, 0.25) is 0 Å². The minimum absolute atomic E-state index is 0.805. The molecule has 0 aromatic carbocycles. The van der Waals surface area contributed by atoms with Gasteiger partial charge in [-0.05, 0) is 12.8 Å². The van der Waals surface area contributed by atoms with Crippen LogP contribution >= 0.6 is 11.3 Å². The van der Waals surface area contributed by atoms with Crippen LogP contribution in [0.2, 0.25) is 0 Å². The van der Waals surface area contributed by atoms with E-state index in [1.54, 1.807) is 0 Å². The Balaban J connectivity index is 1.97. The van der Waals surface area contributed by atoms with Gasteiger partial charge < -0.3 is 4.74 Å². The third kappa shape index (κ3) is 1.08. The summed E-state index contributed by atoms with van der Waals surface area (Å²) in [7, 11) is 0. The standard InChI is InChI=1S/C9H11NOS/c1-2-6(1)9-10-7-3-4-11-5-8(7)12-9/h6H,1-5H2. The summed E-state index contributed by atoms with van der Waals surface area (Å²) < 4.78 is 5.38. The van der Waals surface area contributed by atoms with Gasteiger partial charge in [-0.15, -0.1) is 11.3 Å². The van der Waals surface area contributed by atoms with Crippen LogP contribution in [0.5, 0.6) is 0 Å². The summed E-state index contributed by atoms with van der Waals surface area (Å²) in [6, 6.07) is 0. The molecule has 0 amide bonds. The van der Waals surface area contributed by atoms with Crippen molar-refractivity contribution in [3.05, 3.63) is 15.6 Å². The van der Waals surface area contributed by atoms with Crippen LogP contribution in [0.1, 0.15) is 34.3 Å². The van der Waals surface area contributed by atoms with Crippen LogP contribution in [0.3, 0.4) is 0 Å². The molecule has 1 fully saturated rings. The van der Waals surface area contributed by atoms with Crippen LogP contribution in [0.4, 0.5) is 0 Å². The molecule has 3 heteroatoms. The van der Waals surface area contributed by atoms with E-state index in [-0.39, 0.29) is 0 Å². The number of rotatable bonds is 1. The van der Waals surface area contributed by atoms with Gasteiger partial charge in [-0.3, -0.25) is 0 Å². The topological polar surface area (TPSA) is 22.1 Å². The summed E-state index contributed by atoms with van der Waals surface area (Å²) in [5.74, 6) is 0.806. The first-order valence-corrected chi connectivity index (χ1v) is 5.31. The number of hydrogen-bond acceptors (Lipinski definition) is 3. The molecule has 64 valence electrons. The van der Waals surface area contributed by atoms with Crippen LogP contribution in [0, 0.1) is 0 Å². The van der Waals surface area contributed by atoms with Gasteiger partial charge in [0.25, 0.3) is 0 Å². The molecular formula is C9H11NOS. The second-order valence-electron chi connectivity index (χ2n) is 3.50. The number of nitrogens with zero attached hydrogens (tertiary/aromatic N) is 1. The lowest BCUT2D eigenvalue weighted by Crippen LogP contribution is -2.07. The molecule has 0 radical (unpaired) electrons. The molecule has 0 unspecified atom stereocenters. The van der Waals surface area contributed by atoms with Gasteiger partial charge in [-0.1, -0.05) is 0 Å². The van der Waals surface area contributed by atoms with Crippen molar-refractivity contribution in [3.63, 3.8) is 0 Å². The average Bonchev–Trinajstić information content (AvgIpc) is 2.85. The number of thiazole rings is 1. The highest BCUT2D eigenvalue weighted by atomic mass is 32.1. The highest BCUT2D eigenvalue weighted by Gasteiger charge is 2.28. The van der Waals surface area contributed by atoms with Crippen molar-refractivity contribution in [2.45, 2.75) is 31.8 Å². The molecule has 3 rings (SSSR count). The highest BCUT2D eigenvalue weighted by molar-refractivity contribution is 7.11. The van der Waals surface area contributed by atoms with Crippen LogP contribution in [0.15, 0.2) is 0 Å². The van der Waals surface area contributed by atoms with Crippen molar-refractivity contribution in [2.24, 2.45) is 0 Å². The summed E-state index contributed by atoms with van der Waals surface area (Å²) in [6.07, 6.45) is 3.74. The van der Waals surface area contributed by atoms with Crippen molar-refractivity contribution in [1.29, 1.82) is 0 Å². The van der Waals surface area contributed by atoms with Crippen LogP contribution < -0.4 is 0 Å². The number of hydrogen-bond donors (Lipinski definition) is 0. The van der Waals surface area contributed by atoms with E-state index in [2.05, 4.69) is 4.98 Å². The predicted molar refractivity (Wildman–Crippen MR) is 47.4 cm³/mol. The first-order valence-electron chi connectivity index (χ1n) is 4.50. The Kier molecular flexibility index (Phi) is 1.49. The van der Waals surface area contributed by atoms with E-state index in [0.717, 1.165) is 25.6 Å². The molecule has 1 aliphatic heterocycles. The Morgan fingerprint density at radius 2 is 2.33 bits per heavy atom. The second-order valence-corrected chi connectivity index (χ2v) is 4.61. The Labute approximate surface area is 75.6 Å². The maximum Gasteiger partial charge on any atom is 0.0962 e. The molecule has 2 aliphatic rings. The molecule has 12 heavy (non-hydrogen) atoms. The van der Waals surface area contributed by atoms with E-state index in [1.807, 2.05) is 11.3 Å². The molecule has 1 saturated carbocycles. The summed E-state index contributed by atoms with van der Waals surface area (Å²) in [5.41, 5.74) is 1.31. The fourth-order valence-electron chi connectivity index (χ4n) is 1.55. The molecule has 0 spiro atoms. The summed E-state index contributed by atoms with van der Waals surface area (Å²) >= 11 is 1.87. The zero-order valence-corrected chi connectivity index (χ0v) is 7.69. The lowest BCUT2D eigenvalue weighted by atomic mass is 10.2. The zero-order chi connectivity index (χ0) is 7.97. The first kappa shape index (κ1) is 7.04. The van der Waals surface area contributed by atoms with E-state index in [9.17, 15) is 0 Å². The monoisotopic (exact) mass is 181 g/mol. The summed E-state index contributed by atoms with van der Waals surface area (Å²) in [6.45, 7) is 1.67. The SMILES string of the molecule is C1Cc2nc(C3CC3)sc2CO1. The molecule has 0 atom stereocenters. The third-order valence-electron chi connectivity index (χ3n) is 2.44. The minimum Gasteiger partial charge on any atom is -0.375 e. The van der Waals surface area contributed by atoms with Gasteiger partial charge in [0.05, 0.1) is 28.8 Å². The van der Waals surface area contributed by atoms with Crippen molar-refractivity contribution in [1.82, 2.24) is 4.98 Å². The largest absolute Gasteiger partial charge is 0.375 e. The Morgan fingerprint density at radius 3 is 3.08 bits per heavy atom. The van der Waals surface area contributed by atoms with E-state index in [4.69, 9.17) is 4.74 Å². The van der Waals surface area contributed by atoms with Gasteiger partial charge in [-0.25, -0.2) is 4.98 Å². The van der Waals surface area contributed by atoms with E-state index >= 15 is 0 Å². The average molecular weight is 181 g/mol. The van der Waals surface area contributed by atoms with Gasteiger partial charge >= 0.3 is 0 Å². The lowest BCUT2D eigenvalue weighted by Gasteiger charge is -2.08. The Morgan fingerprint density at radius 1 is 1.42 bits per heavy atom. The maximum absolute atomic E-state index is 5.38. The third-order valence-corrected chi connectivity index (χ3v) is 3.67. The smallest absolute Gasteiger partial charge is 0.0962 e. The number of ether oxygens (including phenoxy) is 1. The van der Waals surface area contributed by atoms with Crippen molar-refractivity contribution >= 4 is 11.3 Å². The second kappa shape index (κ2) is 2.54. The van der Waals surface area contributed by atoms with Gasteiger partial charge in [-0.2, -0.15) is 0 Å². The molecule has 0 bridgehead atoms. The maximum atomic E-state index is 5.38. The molecule has 0 saturated heterocycles. The van der Waals surface area contributed by atoms with E-state index in [0.29, 0.717) is 0 Å². The fourth-order valence-corrected chi connectivity index (χ4v) is 2.77. The molecule has 1 aliphatic carbocycles. The van der Waals surface area contributed by atoms with Crippen molar-refractivity contribution < 1.29 is 4.74 Å². The molecule has 0 N–H and O–H groups in total. The van der Waals surface area contributed by atoms with Gasteiger partial charge in [0, 0.05) is 12.3 Å². The van der Waals surface area contributed by atoms with Gasteiger partial charge in [0.1, 0.15) is 0 Å². The minimum atomic E-state index is 0.805. The van der Waals surface area contributed by atoms with Gasteiger partial charge in [0.15, 0.2) is 0 Å². The molecule has 1 aromatic heterocycles. The highest BCUT2D eigenvalue weighted by Crippen LogP contribution is 2.43. The fraction of sp³-hybridized carbons (Fsp3) is 0.667. The predicted octanol–water partition coefficient (Wildman–Crippen LogP) is 2.09. The molecule has 2 nitrogen and oxygen atoms in total. The van der Waals surface area contributed by atoms with Crippen molar-refractivity contribution in [2.75, 3.05) is 6.61 Å². The number of aromatic nitrogens is 1. The van der Waals surface area contributed by atoms with Crippen LogP contribution in [0.25, 0.3) is 0 Å². The van der Waals surface area contributed by atoms with Crippen LogP contribution in [-0.4, -0.2) is 11.6 Å². The molecule has 1 aromatic rings. The summed E-state index contributed by atoms with van der Waals surface area (Å²) in [4.78, 5) is 6.03. The summed E-state index contributed by atoms with van der Waals surface area (Å²) in [5, 5.41) is 1.37. The van der Waals surface area contributed by atoms with E-state index in [1.165, 1.54) is 28.4 Å². The first-order chi connectivity index (χ1) is 5.93. The Bertz CT molecular complexity index is 280. The zero-order valence-electron chi connectivity index (χ0n) is 6.88. The van der Waals surface area contributed by atoms with Crippen molar-refractivity contribution in [3.8, 4) is 0 Å². The lowest BCUT2D eigenvalue weighted by molar-refractivity contribution is 0.112. The van der Waals surface area contributed by atoms with Crippen LogP contribution in [-0.2, 0) is 17.8 Å². The Hall–Kier alpha value is -0.410. The number of fused-ring (bicyclic) bond motifs is 1. The normalized spacial score (nSPS) is 22.3.